The van der Waals surface area contributed by atoms with E-state index in [-0.39, 0.29) is 17.7 Å². The van der Waals surface area contributed by atoms with Gasteiger partial charge in [-0.05, 0) is 31.1 Å². The van der Waals surface area contributed by atoms with Crippen molar-refractivity contribution >= 4 is 17.7 Å². The zero-order valence-electron chi connectivity index (χ0n) is 12.9. The quantitative estimate of drug-likeness (QED) is 0.723. The van der Waals surface area contributed by atoms with Gasteiger partial charge in [-0.25, -0.2) is 0 Å². The molecule has 1 saturated heterocycles. The Labute approximate surface area is 126 Å². The fraction of sp³-hybridized carbons (Fsp3) is 0.688. The first kappa shape index (κ1) is 15.7. The van der Waals surface area contributed by atoms with Gasteiger partial charge in [0, 0.05) is 38.2 Å². The fourth-order valence-corrected chi connectivity index (χ4v) is 3.01. The number of piperidine rings is 1. The van der Waals surface area contributed by atoms with Gasteiger partial charge in [0.15, 0.2) is 0 Å². The molecule has 2 heterocycles. The van der Waals surface area contributed by atoms with Gasteiger partial charge in [-0.3, -0.25) is 19.3 Å². The number of hydrogen-bond acceptors (Lipinski definition) is 3. The van der Waals surface area contributed by atoms with Gasteiger partial charge in [-0.15, -0.1) is 0 Å². The Bertz CT molecular complexity index is 430. The maximum atomic E-state index is 12.1. The molecule has 3 amide bonds. The highest BCUT2D eigenvalue weighted by atomic mass is 16.2. The van der Waals surface area contributed by atoms with Crippen LogP contribution in [0.5, 0.6) is 0 Å². The number of amides is 3. The summed E-state index contributed by atoms with van der Waals surface area (Å²) in [5.41, 5.74) is 0. The molecule has 0 aromatic heterocycles. The second-order valence-electron chi connectivity index (χ2n) is 6.23. The number of likely N-dealkylation sites (tertiary alicyclic amines) is 1. The highest BCUT2D eigenvalue weighted by Gasteiger charge is 2.26. The molecular weight excluding hydrogens is 268 g/mol. The molecular formula is C16H24N2O3. The lowest BCUT2D eigenvalue weighted by Crippen LogP contribution is -2.40. The molecule has 2 aliphatic heterocycles. The molecule has 0 unspecified atom stereocenters. The fourth-order valence-electron chi connectivity index (χ4n) is 3.01. The lowest BCUT2D eigenvalue weighted by atomic mass is 9.86. The maximum Gasteiger partial charge on any atom is 0.253 e. The molecule has 2 rings (SSSR count). The van der Waals surface area contributed by atoms with Gasteiger partial charge in [-0.1, -0.05) is 13.8 Å². The molecule has 0 aromatic rings. The summed E-state index contributed by atoms with van der Waals surface area (Å²) < 4.78 is 0. The van der Waals surface area contributed by atoms with E-state index in [2.05, 4.69) is 13.8 Å². The van der Waals surface area contributed by atoms with Crippen molar-refractivity contribution in [3.05, 3.63) is 12.2 Å². The number of nitrogens with zero attached hydrogens (tertiary/aromatic N) is 2. The predicted octanol–water partition coefficient (Wildman–Crippen LogP) is 1.59. The number of imide groups is 1. The standard InChI is InChI=1S/C16H24N2O3/c1-12(2)13-7-10-17(11-8-13)14(19)4-3-9-18-15(20)5-6-16(18)21/h5-6,12-13H,3-4,7-11H2,1-2H3. The van der Waals surface area contributed by atoms with Crippen molar-refractivity contribution in [2.24, 2.45) is 11.8 Å². The number of carbonyl (C=O) groups excluding carboxylic acids is 3. The molecule has 0 radical (unpaired) electrons. The van der Waals surface area contributed by atoms with Crippen LogP contribution in [-0.4, -0.2) is 47.2 Å². The van der Waals surface area contributed by atoms with Gasteiger partial charge in [0.1, 0.15) is 0 Å². The number of carbonyl (C=O) groups is 3. The molecule has 0 atom stereocenters. The Morgan fingerprint density at radius 3 is 2.29 bits per heavy atom. The van der Waals surface area contributed by atoms with Gasteiger partial charge < -0.3 is 4.90 Å². The van der Waals surface area contributed by atoms with E-state index in [1.54, 1.807) is 0 Å². The SMILES string of the molecule is CC(C)C1CCN(C(=O)CCCN2C(=O)C=CC2=O)CC1. The predicted molar refractivity (Wildman–Crippen MR) is 79.2 cm³/mol. The largest absolute Gasteiger partial charge is 0.343 e. The number of rotatable bonds is 5. The molecule has 0 saturated carbocycles. The van der Waals surface area contributed by atoms with Crippen LogP contribution in [0.1, 0.15) is 39.5 Å². The Morgan fingerprint density at radius 2 is 1.76 bits per heavy atom. The summed E-state index contributed by atoms with van der Waals surface area (Å²) in [6.07, 6.45) is 5.67. The van der Waals surface area contributed by atoms with Gasteiger partial charge in [-0.2, -0.15) is 0 Å². The minimum absolute atomic E-state index is 0.143. The lowest BCUT2D eigenvalue weighted by Gasteiger charge is -2.34. The first-order valence-corrected chi connectivity index (χ1v) is 7.80. The van der Waals surface area contributed by atoms with Crippen LogP contribution in [0.4, 0.5) is 0 Å². The smallest absolute Gasteiger partial charge is 0.253 e. The van der Waals surface area contributed by atoms with Gasteiger partial charge >= 0.3 is 0 Å². The Morgan fingerprint density at radius 1 is 1.19 bits per heavy atom. The van der Waals surface area contributed by atoms with Crippen molar-refractivity contribution in [3.8, 4) is 0 Å². The van der Waals surface area contributed by atoms with Crippen LogP contribution in [0.3, 0.4) is 0 Å². The first-order chi connectivity index (χ1) is 9.99. The van der Waals surface area contributed by atoms with E-state index >= 15 is 0 Å². The van der Waals surface area contributed by atoms with Crippen LogP contribution in [-0.2, 0) is 14.4 Å². The second-order valence-corrected chi connectivity index (χ2v) is 6.23. The molecule has 5 nitrogen and oxygen atoms in total. The van der Waals surface area contributed by atoms with Gasteiger partial charge in [0.25, 0.3) is 11.8 Å². The molecule has 0 N–H and O–H groups in total. The molecule has 0 spiro atoms. The van der Waals surface area contributed by atoms with Crippen LogP contribution >= 0.6 is 0 Å². The van der Waals surface area contributed by atoms with E-state index < -0.39 is 0 Å². The van der Waals surface area contributed by atoms with Crippen molar-refractivity contribution < 1.29 is 14.4 Å². The van der Waals surface area contributed by atoms with Crippen molar-refractivity contribution in [1.82, 2.24) is 9.80 Å². The third-order valence-corrected chi connectivity index (χ3v) is 4.51. The van der Waals surface area contributed by atoms with Crippen LogP contribution in [0.25, 0.3) is 0 Å². The molecule has 5 heteroatoms. The Hall–Kier alpha value is -1.65. The average Bonchev–Trinajstić information content (AvgIpc) is 2.79. The Balaban J connectivity index is 1.69. The molecule has 0 bridgehead atoms. The van der Waals surface area contributed by atoms with Crippen LogP contribution in [0.2, 0.25) is 0 Å². The molecule has 0 aliphatic carbocycles. The second kappa shape index (κ2) is 6.87. The van der Waals surface area contributed by atoms with E-state index in [1.165, 1.54) is 17.1 Å². The van der Waals surface area contributed by atoms with E-state index in [0.29, 0.717) is 25.3 Å². The molecule has 1 fully saturated rings. The average molecular weight is 292 g/mol. The minimum Gasteiger partial charge on any atom is -0.343 e. The van der Waals surface area contributed by atoms with Gasteiger partial charge in [0.2, 0.25) is 5.91 Å². The topological polar surface area (TPSA) is 57.7 Å². The summed E-state index contributed by atoms with van der Waals surface area (Å²) in [5, 5.41) is 0. The third kappa shape index (κ3) is 3.93. The van der Waals surface area contributed by atoms with E-state index in [1.807, 2.05) is 4.90 Å². The van der Waals surface area contributed by atoms with Crippen molar-refractivity contribution in [2.45, 2.75) is 39.5 Å². The van der Waals surface area contributed by atoms with Crippen LogP contribution in [0.15, 0.2) is 12.2 Å². The summed E-state index contributed by atoms with van der Waals surface area (Å²) in [6, 6.07) is 0. The van der Waals surface area contributed by atoms with Crippen molar-refractivity contribution in [2.75, 3.05) is 19.6 Å². The first-order valence-electron chi connectivity index (χ1n) is 7.80. The monoisotopic (exact) mass is 292 g/mol. The highest BCUT2D eigenvalue weighted by Crippen LogP contribution is 2.24. The third-order valence-electron chi connectivity index (χ3n) is 4.51. The normalized spacial score (nSPS) is 20.0. The molecule has 116 valence electrons. The molecule has 2 aliphatic rings. The van der Waals surface area contributed by atoms with Gasteiger partial charge in [0.05, 0.1) is 0 Å². The van der Waals surface area contributed by atoms with E-state index in [9.17, 15) is 14.4 Å². The summed E-state index contributed by atoms with van der Waals surface area (Å²) in [4.78, 5) is 38.0. The summed E-state index contributed by atoms with van der Waals surface area (Å²) in [6.45, 7) is 6.48. The number of hydrogen-bond donors (Lipinski definition) is 0. The zero-order chi connectivity index (χ0) is 15.4. The maximum absolute atomic E-state index is 12.1. The highest BCUT2D eigenvalue weighted by molar-refractivity contribution is 6.12. The molecule has 21 heavy (non-hydrogen) atoms. The molecule has 0 aromatic carbocycles. The summed E-state index contributed by atoms with van der Waals surface area (Å²) in [5.74, 6) is 1.00. The van der Waals surface area contributed by atoms with Crippen molar-refractivity contribution in [1.29, 1.82) is 0 Å². The van der Waals surface area contributed by atoms with Crippen molar-refractivity contribution in [3.63, 3.8) is 0 Å². The van der Waals surface area contributed by atoms with Crippen LogP contribution < -0.4 is 0 Å². The zero-order valence-corrected chi connectivity index (χ0v) is 12.9. The van der Waals surface area contributed by atoms with Crippen LogP contribution in [0, 0.1) is 11.8 Å². The van der Waals surface area contributed by atoms with E-state index in [0.717, 1.165) is 31.8 Å². The summed E-state index contributed by atoms with van der Waals surface area (Å²) in [7, 11) is 0. The lowest BCUT2D eigenvalue weighted by molar-refractivity contribution is -0.138. The summed E-state index contributed by atoms with van der Waals surface area (Å²) >= 11 is 0. The Kier molecular flexibility index (Phi) is 5.15. The minimum atomic E-state index is -0.273. The van der Waals surface area contributed by atoms with E-state index in [4.69, 9.17) is 0 Å².